The van der Waals surface area contributed by atoms with Crippen LogP contribution in [0.5, 0.6) is 0 Å². The van der Waals surface area contributed by atoms with Crippen molar-refractivity contribution in [2.75, 3.05) is 20.1 Å². The molecule has 1 saturated heterocycles. The highest BCUT2D eigenvalue weighted by atomic mass is 32.2. The molecule has 2 heterocycles. The minimum absolute atomic E-state index is 0.0353. The van der Waals surface area contributed by atoms with Gasteiger partial charge in [-0.25, -0.2) is 13.1 Å². The van der Waals surface area contributed by atoms with Crippen molar-refractivity contribution >= 4 is 21.4 Å². The zero-order valence-electron chi connectivity index (χ0n) is 12.9. The summed E-state index contributed by atoms with van der Waals surface area (Å²) in [5.41, 5.74) is 0. The van der Waals surface area contributed by atoms with Crippen LogP contribution < -0.4 is 10.0 Å². The standard InChI is InChI=1S/C14H25N3O2S2/c1-4-15-10-13-14(6-8-20-13)21(18,19)16-12-5-7-17(3)11(2)9-12/h6,8,11-12,15-16H,4-5,7,9-10H2,1-3H3. The molecule has 1 aliphatic heterocycles. The van der Waals surface area contributed by atoms with Gasteiger partial charge >= 0.3 is 0 Å². The summed E-state index contributed by atoms with van der Waals surface area (Å²) < 4.78 is 28.1. The Balaban J connectivity index is 2.06. The molecule has 2 unspecified atom stereocenters. The predicted octanol–water partition coefficient (Wildman–Crippen LogP) is 1.62. The van der Waals surface area contributed by atoms with Gasteiger partial charge in [-0.3, -0.25) is 0 Å². The first-order valence-corrected chi connectivity index (χ1v) is 9.80. The molecule has 0 saturated carbocycles. The molecular weight excluding hydrogens is 306 g/mol. The lowest BCUT2D eigenvalue weighted by Crippen LogP contribution is -2.47. The van der Waals surface area contributed by atoms with Crippen molar-refractivity contribution in [1.29, 1.82) is 0 Å². The fourth-order valence-corrected chi connectivity index (χ4v) is 5.31. The first-order chi connectivity index (χ1) is 9.94. The molecule has 21 heavy (non-hydrogen) atoms. The van der Waals surface area contributed by atoms with E-state index in [2.05, 4.69) is 28.9 Å². The van der Waals surface area contributed by atoms with Gasteiger partial charge < -0.3 is 10.2 Å². The smallest absolute Gasteiger partial charge is 0.241 e. The van der Waals surface area contributed by atoms with Crippen LogP contribution in [-0.4, -0.2) is 45.5 Å². The van der Waals surface area contributed by atoms with Crippen LogP contribution in [0.1, 0.15) is 31.6 Å². The number of piperidine rings is 1. The number of hydrogen-bond acceptors (Lipinski definition) is 5. The Morgan fingerprint density at radius 2 is 2.24 bits per heavy atom. The number of rotatable bonds is 6. The minimum atomic E-state index is -3.42. The van der Waals surface area contributed by atoms with E-state index >= 15 is 0 Å². The summed E-state index contributed by atoms with van der Waals surface area (Å²) in [5.74, 6) is 0. The van der Waals surface area contributed by atoms with Gasteiger partial charge in [-0.15, -0.1) is 11.3 Å². The second kappa shape index (κ2) is 7.19. The van der Waals surface area contributed by atoms with E-state index in [4.69, 9.17) is 0 Å². The van der Waals surface area contributed by atoms with Gasteiger partial charge in [-0.2, -0.15) is 0 Å². The third-order valence-electron chi connectivity index (χ3n) is 4.06. The Morgan fingerprint density at radius 1 is 1.48 bits per heavy atom. The van der Waals surface area contributed by atoms with Gasteiger partial charge in [0.05, 0.1) is 4.90 Å². The topological polar surface area (TPSA) is 61.4 Å². The van der Waals surface area contributed by atoms with Crippen molar-refractivity contribution in [3.8, 4) is 0 Å². The lowest BCUT2D eigenvalue weighted by Gasteiger charge is -2.35. The fourth-order valence-electron chi connectivity index (χ4n) is 2.62. The number of nitrogens with zero attached hydrogens (tertiary/aromatic N) is 1. The second-order valence-electron chi connectivity index (χ2n) is 5.66. The summed E-state index contributed by atoms with van der Waals surface area (Å²) in [6, 6.07) is 2.15. The lowest BCUT2D eigenvalue weighted by molar-refractivity contribution is 0.178. The van der Waals surface area contributed by atoms with Crippen molar-refractivity contribution in [1.82, 2.24) is 14.9 Å². The molecule has 0 bridgehead atoms. The molecule has 5 nitrogen and oxygen atoms in total. The Morgan fingerprint density at radius 3 is 2.90 bits per heavy atom. The number of hydrogen-bond donors (Lipinski definition) is 2. The lowest BCUT2D eigenvalue weighted by atomic mass is 10.0. The summed E-state index contributed by atoms with van der Waals surface area (Å²) >= 11 is 1.49. The van der Waals surface area contributed by atoms with E-state index < -0.39 is 10.0 Å². The van der Waals surface area contributed by atoms with Crippen molar-refractivity contribution < 1.29 is 8.42 Å². The number of likely N-dealkylation sites (tertiary alicyclic amines) is 1. The molecule has 0 amide bonds. The molecule has 1 aliphatic rings. The maximum atomic E-state index is 12.6. The van der Waals surface area contributed by atoms with Gasteiger partial charge in [0.1, 0.15) is 0 Å². The van der Waals surface area contributed by atoms with Crippen LogP contribution in [0.2, 0.25) is 0 Å². The summed E-state index contributed by atoms with van der Waals surface area (Å²) in [5, 5.41) is 5.04. The quantitative estimate of drug-likeness (QED) is 0.831. The highest BCUT2D eigenvalue weighted by molar-refractivity contribution is 7.89. The van der Waals surface area contributed by atoms with Crippen molar-refractivity contribution in [2.24, 2.45) is 0 Å². The van der Waals surface area contributed by atoms with E-state index in [9.17, 15) is 8.42 Å². The molecule has 2 atom stereocenters. The van der Waals surface area contributed by atoms with Gasteiger partial charge in [0.15, 0.2) is 0 Å². The van der Waals surface area contributed by atoms with Gasteiger partial charge in [0, 0.05) is 23.5 Å². The first-order valence-electron chi connectivity index (χ1n) is 7.43. The first kappa shape index (κ1) is 16.9. The average molecular weight is 332 g/mol. The maximum Gasteiger partial charge on any atom is 0.241 e. The Kier molecular flexibility index (Phi) is 5.79. The van der Waals surface area contributed by atoms with Gasteiger partial charge in [0.25, 0.3) is 0 Å². The van der Waals surface area contributed by atoms with Crippen LogP contribution in [0.15, 0.2) is 16.3 Å². The normalized spacial score (nSPS) is 24.3. The monoisotopic (exact) mass is 331 g/mol. The highest BCUT2D eigenvalue weighted by Gasteiger charge is 2.28. The van der Waals surface area contributed by atoms with Gasteiger partial charge in [0.2, 0.25) is 10.0 Å². The number of nitrogens with one attached hydrogen (secondary N) is 2. The van der Waals surface area contributed by atoms with Crippen LogP contribution >= 0.6 is 11.3 Å². The zero-order chi connectivity index (χ0) is 15.5. The summed E-state index contributed by atoms with van der Waals surface area (Å²) in [7, 11) is -1.33. The zero-order valence-corrected chi connectivity index (χ0v) is 14.6. The van der Waals surface area contributed by atoms with Crippen LogP contribution in [0.25, 0.3) is 0 Å². The largest absolute Gasteiger partial charge is 0.312 e. The molecule has 120 valence electrons. The van der Waals surface area contributed by atoms with Crippen molar-refractivity contribution in [3.05, 3.63) is 16.3 Å². The van der Waals surface area contributed by atoms with Crippen LogP contribution in [-0.2, 0) is 16.6 Å². The molecule has 1 fully saturated rings. The fraction of sp³-hybridized carbons (Fsp3) is 0.714. The van der Waals surface area contributed by atoms with E-state index in [-0.39, 0.29) is 6.04 Å². The van der Waals surface area contributed by atoms with E-state index in [1.807, 2.05) is 12.3 Å². The van der Waals surface area contributed by atoms with Crippen molar-refractivity contribution in [2.45, 2.75) is 50.2 Å². The molecule has 7 heteroatoms. The second-order valence-corrected chi connectivity index (χ2v) is 8.34. The molecule has 0 aromatic carbocycles. The van der Waals surface area contributed by atoms with Crippen LogP contribution in [0, 0.1) is 0 Å². The Bertz CT molecular complexity index is 556. The third-order valence-corrected chi connectivity index (χ3v) is 6.72. The summed E-state index contributed by atoms with van der Waals surface area (Å²) in [6.45, 7) is 6.52. The van der Waals surface area contributed by atoms with E-state index in [0.717, 1.165) is 30.8 Å². The molecule has 0 spiro atoms. The van der Waals surface area contributed by atoms with E-state index in [1.54, 1.807) is 6.07 Å². The summed E-state index contributed by atoms with van der Waals surface area (Å²) in [6.07, 6.45) is 1.73. The minimum Gasteiger partial charge on any atom is -0.312 e. The molecular formula is C14H25N3O2S2. The van der Waals surface area contributed by atoms with Crippen LogP contribution in [0.3, 0.4) is 0 Å². The van der Waals surface area contributed by atoms with Gasteiger partial charge in [-0.1, -0.05) is 6.92 Å². The molecule has 1 aromatic heterocycles. The number of thiophene rings is 1. The molecule has 1 aromatic rings. The molecule has 2 rings (SSSR count). The highest BCUT2D eigenvalue weighted by Crippen LogP contribution is 2.24. The Labute approximate surface area is 131 Å². The third kappa shape index (κ3) is 4.26. The SMILES string of the molecule is CCNCc1sccc1S(=O)(=O)NC1CCN(C)C(C)C1. The average Bonchev–Trinajstić information content (AvgIpc) is 2.89. The summed E-state index contributed by atoms with van der Waals surface area (Å²) in [4.78, 5) is 3.58. The predicted molar refractivity (Wildman–Crippen MR) is 87.1 cm³/mol. The maximum absolute atomic E-state index is 12.6. The molecule has 0 aliphatic carbocycles. The van der Waals surface area contributed by atoms with Crippen LogP contribution in [0.4, 0.5) is 0 Å². The Hall–Kier alpha value is -0.470. The van der Waals surface area contributed by atoms with Gasteiger partial charge in [-0.05, 0) is 51.3 Å². The van der Waals surface area contributed by atoms with Crippen molar-refractivity contribution in [3.63, 3.8) is 0 Å². The number of sulfonamides is 1. The molecule has 2 N–H and O–H groups in total. The van der Waals surface area contributed by atoms with E-state index in [1.165, 1.54) is 11.3 Å². The van der Waals surface area contributed by atoms with E-state index in [0.29, 0.717) is 17.5 Å². The molecule has 0 radical (unpaired) electrons.